The Morgan fingerprint density at radius 1 is 1.17 bits per heavy atom. The topological polar surface area (TPSA) is 54.9 Å². The van der Waals surface area contributed by atoms with Crippen LogP contribution in [0.4, 0.5) is 0 Å². The van der Waals surface area contributed by atoms with E-state index in [9.17, 15) is 4.79 Å². The van der Waals surface area contributed by atoms with Crippen LogP contribution in [0.1, 0.15) is 20.6 Å². The van der Waals surface area contributed by atoms with Gasteiger partial charge < -0.3 is 5.32 Å². The molecule has 3 aromatic heterocycles. The van der Waals surface area contributed by atoms with Gasteiger partial charge >= 0.3 is 0 Å². The molecule has 0 bridgehead atoms. The third-order valence-corrected chi connectivity index (χ3v) is 5.98. The molecule has 3 rings (SSSR count). The van der Waals surface area contributed by atoms with Crippen molar-refractivity contribution in [1.82, 2.24) is 15.3 Å². The highest BCUT2D eigenvalue weighted by Crippen LogP contribution is 2.29. The number of thiophene rings is 1. The van der Waals surface area contributed by atoms with Crippen LogP contribution < -0.4 is 5.32 Å². The van der Waals surface area contributed by atoms with Gasteiger partial charge in [0.2, 0.25) is 5.91 Å². The molecule has 3 heterocycles. The standard InChI is InChI=1S/C17H17N3OS3/c1-11-19-13(9-22-11)3-6-17(21)18-8-7-14-4-5-16(24-14)15-10-23-12(2)20-15/h3-6,9-10H,7-8H2,1-2H3,(H,18,21)/b6-3+. The molecule has 1 N–H and O–H groups in total. The number of carbonyl (C=O) groups excluding carboxylic acids is 1. The van der Waals surface area contributed by atoms with Gasteiger partial charge in [-0.3, -0.25) is 4.79 Å². The van der Waals surface area contributed by atoms with Crippen LogP contribution in [0.5, 0.6) is 0 Å². The molecule has 0 atom stereocenters. The van der Waals surface area contributed by atoms with Gasteiger partial charge in [0.15, 0.2) is 0 Å². The molecular formula is C17H17N3OS3. The molecule has 0 aliphatic rings. The molecule has 1 amide bonds. The van der Waals surface area contributed by atoms with Gasteiger partial charge in [0.1, 0.15) is 0 Å². The zero-order valence-electron chi connectivity index (χ0n) is 13.4. The van der Waals surface area contributed by atoms with Crippen molar-refractivity contribution in [2.45, 2.75) is 20.3 Å². The van der Waals surface area contributed by atoms with E-state index in [1.54, 1.807) is 40.1 Å². The van der Waals surface area contributed by atoms with Gasteiger partial charge in [0, 0.05) is 28.3 Å². The summed E-state index contributed by atoms with van der Waals surface area (Å²) in [6.07, 6.45) is 4.10. The largest absolute Gasteiger partial charge is 0.352 e. The highest BCUT2D eigenvalue weighted by molar-refractivity contribution is 7.16. The smallest absolute Gasteiger partial charge is 0.244 e. The summed E-state index contributed by atoms with van der Waals surface area (Å²) in [5.74, 6) is -0.0902. The molecule has 3 aromatic rings. The van der Waals surface area contributed by atoms with Crippen molar-refractivity contribution in [3.63, 3.8) is 0 Å². The minimum absolute atomic E-state index is 0.0902. The Bertz CT molecular complexity index is 860. The lowest BCUT2D eigenvalue weighted by molar-refractivity contribution is -0.116. The number of rotatable bonds is 6. The number of carbonyl (C=O) groups is 1. The first-order chi connectivity index (χ1) is 11.6. The second-order valence-electron chi connectivity index (χ2n) is 5.18. The predicted octanol–water partition coefficient (Wildman–Crippen LogP) is 4.32. The number of aromatic nitrogens is 2. The highest BCUT2D eigenvalue weighted by Gasteiger charge is 2.06. The number of nitrogens with zero attached hydrogens (tertiary/aromatic N) is 2. The zero-order chi connectivity index (χ0) is 16.9. The first-order valence-electron chi connectivity index (χ1n) is 7.49. The first kappa shape index (κ1) is 17.0. The Hall–Kier alpha value is -1.83. The van der Waals surface area contributed by atoms with E-state index in [0.717, 1.165) is 27.8 Å². The molecule has 7 heteroatoms. The number of nitrogens with one attached hydrogen (secondary N) is 1. The van der Waals surface area contributed by atoms with Crippen LogP contribution in [-0.2, 0) is 11.2 Å². The molecule has 0 radical (unpaired) electrons. The fourth-order valence-corrected chi connectivity index (χ4v) is 4.35. The highest BCUT2D eigenvalue weighted by atomic mass is 32.1. The molecule has 24 heavy (non-hydrogen) atoms. The first-order valence-corrected chi connectivity index (χ1v) is 10.1. The van der Waals surface area contributed by atoms with Crippen LogP contribution in [0.15, 0.2) is 29.0 Å². The van der Waals surface area contributed by atoms with E-state index in [1.807, 2.05) is 19.2 Å². The monoisotopic (exact) mass is 375 g/mol. The maximum absolute atomic E-state index is 11.8. The van der Waals surface area contributed by atoms with Crippen molar-refractivity contribution >= 4 is 46.0 Å². The van der Waals surface area contributed by atoms with Crippen LogP contribution >= 0.6 is 34.0 Å². The quantitative estimate of drug-likeness (QED) is 0.653. The van der Waals surface area contributed by atoms with E-state index in [2.05, 4.69) is 32.8 Å². The van der Waals surface area contributed by atoms with Crippen LogP contribution in [0, 0.1) is 13.8 Å². The van der Waals surface area contributed by atoms with E-state index >= 15 is 0 Å². The Balaban J connectivity index is 1.47. The third kappa shape index (κ3) is 4.59. The molecule has 0 saturated carbocycles. The molecule has 0 aliphatic carbocycles. The fraction of sp³-hybridized carbons (Fsp3) is 0.235. The molecule has 0 fully saturated rings. The number of amides is 1. The maximum atomic E-state index is 11.8. The van der Waals surface area contributed by atoms with Crippen molar-refractivity contribution < 1.29 is 4.79 Å². The lowest BCUT2D eigenvalue weighted by atomic mass is 10.3. The van der Waals surface area contributed by atoms with Gasteiger partial charge in [-0.2, -0.15) is 0 Å². The van der Waals surface area contributed by atoms with Crippen molar-refractivity contribution in [3.05, 3.63) is 49.6 Å². The normalized spacial score (nSPS) is 11.2. The van der Waals surface area contributed by atoms with Gasteiger partial charge in [-0.15, -0.1) is 34.0 Å². The SMILES string of the molecule is Cc1nc(/C=C/C(=O)NCCc2ccc(-c3csc(C)n3)s2)cs1. The van der Waals surface area contributed by atoms with Crippen LogP contribution in [0.25, 0.3) is 16.6 Å². The summed E-state index contributed by atoms with van der Waals surface area (Å²) < 4.78 is 0. The van der Waals surface area contributed by atoms with E-state index < -0.39 is 0 Å². The molecular weight excluding hydrogens is 358 g/mol. The van der Waals surface area contributed by atoms with Crippen molar-refractivity contribution in [1.29, 1.82) is 0 Å². The van der Waals surface area contributed by atoms with Crippen LogP contribution in [0.3, 0.4) is 0 Å². The third-order valence-electron chi connectivity index (χ3n) is 3.25. The van der Waals surface area contributed by atoms with Crippen molar-refractivity contribution in [2.75, 3.05) is 6.54 Å². The summed E-state index contributed by atoms with van der Waals surface area (Å²) in [6, 6.07) is 4.20. The summed E-state index contributed by atoms with van der Waals surface area (Å²) in [5.41, 5.74) is 1.87. The molecule has 0 aromatic carbocycles. The number of hydrogen-bond donors (Lipinski definition) is 1. The van der Waals surface area contributed by atoms with Gasteiger partial charge in [-0.25, -0.2) is 9.97 Å². The summed E-state index contributed by atoms with van der Waals surface area (Å²) in [4.78, 5) is 23.0. The minimum atomic E-state index is -0.0902. The Morgan fingerprint density at radius 2 is 1.96 bits per heavy atom. The Morgan fingerprint density at radius 3 is 2.67 bits per heavy atom. The van der Waals surface area contributed by atoms with Crippen LogP contribution in [-0.4, -0.2) is 22.4 Å². The fourth-order valence-electron chi connectivity index (χ4n) is 2.11. The Kier molecular flexibility index (Phi) is 5.55. The molecule has 4 nitrogen and oxygen atoms in total. The maximum Gasteiger partial charge on any atom is 0.244 e. The van der Waals surface area contributed by atoms with E-state index in [1.165, 1.54) is 15.8 Å². The average Bonchev–Trinajstić information content (AvgIpc) is 3.27. The minimum Gasteiger partial charge on any atom is -0.352 e. The second kappa shape index (κ2) is 7.83. The average molecular weight is 376 g/mol. The van der Waals surface area contributed by atoms with Gasteiger partial charge in [-0.05, 0) is 38.5 Å². The lowest BCUT2D eigenvalue weighted by Gasteiger charge is -1.99. The van der Waals surface area contributed by atoms with E-state index in [-0.39, 0.29) is 5.91 Å². The molecule has 0 unspecified atom stereocenters. The van der Waals surface area contributed by atoms with Gasteiger partial charge in [-0.1, -0.05) is 0 Å². The second-order valence-corrected chi connectivity index (χ2v) is 8.48. The molecule has 124 valence electrons. The predicted molar refractivity (Wildman–Crippen MR) is 103 cm³/mol. The molecule has 0 saturated heterocycles. The summed E-state index contributed by atoms with van der Waals surface area (Å²) in [7, 11) is 0. The molecule has 0 aliphatic heterocycles. The summed E-state index contributed by atoms with van der Waals surface area (Å²) >= 11 is 4.97. The van der Waals surface area contributed by atoms with E-state index in [0.29, 0.717) is 6.54 Å². The lowest BCUT2D eigenvalue weighted by Crippen LogP contribution is -2.23. The van der Waals surface area contributed by atoms with Crippen molar-refractivity contribution in [2.24, 2.45) is 0 Å². The summed E-state index contributed by atoms with van der Waals surface area (Å²) in [5, 5.41) is 9.00. The van der Waals surface area contributed by atoms with Crippen molar-refractivity contribution in [3.8, 4) is 10.6 Å². The van der Waals surface area contributed by atoms with Gasteiger partial charge in [0.05, 0.1) is 26.3 Å². The zero-order valence-corrected chi connectivity index (χ0v) is 15.9. The van der Waals surface area contributed by atoms with Crippen LogP contribution in [0.2, 0.25) is 0 Å². The number of hydrogen-bond acceptors (Lipinski definition) is 6. The number of thiazole rings is 2. The Labute approximate surface area is 152 Å². The summed E-state index contributed by atoms with van der Waals surface area (Å²) in [6.45, 7) is 4.58. The molecule has 0 spiro atoms. The van der Waals surface area contributed by atoms with E-state index in [4.69, 9.17) is 0 Å². The van der Waals surface area contributed by atoms with Gasteiger partial charge in [0.25, 0.3) is 0 Å². The number of aryl methyl sites for hydroxylation is 2.